The minimum atomic E-state index is -0.142. The molecule has 5 nitrogen and oxygen atoms in total. The molecule has 0 saturated heterocycles. The van der Waals surface area contributed by atoms with Crippen molar-refractivity contribution >= 4 is 5.91 Å². The predicted octanol–water partition coefficient (Wildman–Crippen LogP) is 0.412. The van der Waals surface area contributed by atoms with E-state index in [-0.39, 0.29) is 25.2 Å². The van der Waals surface area contributed by atoms with E-state index < -0.39 is 0 Å². The van der Waals surface area contributed by atoms with E-state index in [4.69, 9.17) is 10.2 Å². The molecule has 1 amide bonds. The zero-order chi connectivity index (χ0) is 14.4. The Labute approximate surface area is 118 Å². The van der Waals surface area contributed by atoms with Gasteiger partial charge in [0.15, 0.2) is 0 Å². The Morgan fingerprint density at radius 1 is 1.35 bits per heavy atom. The van der Waals surface area contributed by atoms with Crippen molar-refractivity contribution in [1.82, 2.24) is 9.88 Å². The van der Waals surface area contributed by atoms with Gasteiger partial charge in [0.2, 0.25) is 0 Å². The zero-order valence-electron chi connectivity index (χ0n) is 11.2. The first-order chi connectivity index (χ1) is 9.76. The second-order valence-corrected chi connectivity index (χ2v) is 4.66. The van der Waals surface area contributed by atoms with E-state index >= 15 is 0 Å². The molecular weight excluding hydrogens is 256 g/mol. The molecule has 1 aliphatic rings. The molecule has 106 valence electrons. The largest absolute Gasteiger partial charge is 0.395 e. The zero-order valence-corrected chi connectivity index (χ0v) is 11.2. The van der Waals surface area contributed by atoms with Crippen LogP contribution in [0.25, 0.3) is 0 Å². The summed E-state index contributed by atoms with van der Waals surface area (Å²) in [5.41, 5.74) is 1.09. The number of hydrogen-bond acceptors (Lipinski definition) is 4. The lowest BCUT2D eigenvalue weighted by atomic mass is 10.2. The van der Waals surface area contributed by atoms with Crippen molar-refractivity contribution in [3.63, 3.8) is 0 Å². The Kier molecular flexibility index (Phi) is 5.10. The maximum absolute atomic E-state index is 12.3. The molecule has 1 aromatic heterocycles. The van der Waals surface area contributed by atoms with Crippen LogP contribution >= 0.6 is 0 Å². The molecule has 0 aromatic carbocycles. The average Bonchev–Trinajstić information content (AvgIpc) is 3.30. The molecule has 5 heteroatoms. The van der Waals surface area contributed by atoms with E-state index in [0.717, 1.165) is 18.4 Å². The minimum Gasteiger partial charge on any atom is -0.395 e. The fourth-order valence-electron chi connectivity index (χ4n) is 1.91. The first-order valence-electron chi connectivity index (χ1n) is 6.74. The summed E-state index contributed by atoms with van der Waals surface area (Å²) in [6, 6.07) is 3.65. The lowest BCUT2D eigenvalue weighted by molar-refractivity contribution is 0.0701. The molecular formula is C15H18N2O3. The molecule has 0 aliphatic heterocycles. The number of carbonyl (C=O) groups excluding carboxylic acids is 1. The summed E-state index contributed by atoms with van der Waals surface area (Å²) in [7, 11) is 0. The van der Waals surface area contributed by atoms with Gasteiger partial charge in [-0.3, -0.25) is 4.79 Å². The molecule has 1 saturated carbocycles. The Balaban J connectivity index is 2.05. The number of amides is 1. The Hall–Kier alpha value is -1.90. The SMILES string of the molecule is O=C(c1ccc(C#CCCO)cn1)N(CCO)C1CC1. The molecule has 20 heavy (non-hydrogen) atoms. The number of aromatic nitrogens is 1. The van der Waals surface area contributed by atoms with E-state index in [1.165, 1.54) is 0 Å². The van der Waals surface area contributed by atoms with Gasteiger partial charge in [-0.2, -0.15) is 0 Å². The summed E-state index contributed by atoms with van der Waals surface area (Å²) in [5.74, 6) is 5.52. The summed E-state index contributed by atoms with van der Waals surface area (Å²) in [5, 5.41) is 17.7. The van der Waals surface area contributed by atoms with Crippen LogP contribution in [-0.2, 0) is 0 Å². The van der Waals surface area contributed by atoms with Gasteiger partial charge in [-0.1, -0.05) is 11.8 Å². The number of rotatable bonds is 5. The third-order valence-corrected chi connectivity index (χ3v) is 3.04. The molecule has 0 atom stereocenters. The fraction of sp³-hybridized carbons (Fsp3) is 0.467. The smallest absolute Gasteiger partial charge is 0.272 e. The Morgan fingerprint density at radius 2 is 2.15 bits per heavy atom. The quantitative estimate of drug-likeness (QED) is 0.763. The van der Waals surface area contributed by atoms with Gasteiger partial charge >= 0.3 is 0 Å². The van der Waals surface area contributed by atoms with E-state index in [9.17, 15) is 4.79 Å². The maximum Gasteiger partial charge on any atom is 0.272 e. The molecule has 0 spiro atoms. The van der Waals surface area contributed by atoms with Crippen LogP contribution in [0.3, 0.4) is 0 Å². The van der Waals surface area contributed by atoms with E-state index in [0.29, 0.717) is 18.7 Å². The van der Waals surface area contributed by atoms with Crippen LogP contribution in [0.15, 0.2) is 18.3 Å². The first-order valence-corrected chi connectivity index (χ1v) is 6.74. The Bertz CT molecular complexity index is 512. The summed E-state index contributed by atoms with van der Waals surface area (Å²) in [6.45, 7) is 0.352. The Morgan fingerprint density at radius 3 is 2.70 bits per heavy atom. The van der Waals surface area contributed by atoms with Crippen LogP contribution < -0.4 is 0 Å². The normalized spacial score (nSPS) is 13.5. The van der Waals surface area contributed by atoms with Crippen LogP contribution in [0, 0.1) is 11.8 Å². The third kappa shape index (κ3) is 3.80. The predicted molar refractivity (Wildman–Crippen MR) is 74.0 cm³/mol. The monoisotopic (exact) mass is 274 g/mol. The van der Waals surface area contributed by atoms with Crippen LogP contribution in [0.2, 0.25) is 0 Å². The molecule has 0 bridgehead atoms. The van der Waals surface area contributed by atoms with E-state index in [2.05, 4.69) is 16.8 Å². The highest BCUT2D eigenvalue weighted by Crippen LogP contribution is 2.27. The van der Waals surface area contributed by atoms with Gasteiger partial charge in [0.05, 0.1) is 13.2 Å². The lowest BCUT2D eigenvalue weighted by Crippen LogP contribution is -2.35. The summed E-state index contributed by atoms with van der Waals surface area (Å²) < 4.78 is 0. The van der Waals surface area contributed by atoms with Crippen molar-refractivity contribution in [3.8, 4) is 11.8 Å². The van der Waals surface area contributed by atoms with Gasteiger partial charge in [-0.25, -0.2) is 4.98 Å². The molecule has 1 aromatic rings. The van der Waals surface area contributed by atoms with Crippen LogP contribution in [0.1, 0.15) is 35.3 Å². The fourth-order valence-corrected chi connectivity index (χ4v) is 1.91. The maximum atomic E-state index is 12.3. The highest BCUT2D eigenvalue weighted by atomic mass is 16.3. The summed E-state index contributed by atoms with van der Waals surface area (Å²) >= 11 is 0. The highest BCUT2D eigenvalue weighted by Gasteiger charge is 2.32. The van der Waals surface area contributed by atoms with Crippen molar-refractivity contribution in [3.05, 3.63) is 29.6 Å². The number of aliphatic hydroxyl groups excluding tert-OH is 2. The second kappa shape index (κ2) is 7.04. The van der Waals surface area contributed by atoms with Gasteiger partial charge in [-0.05, 0) is 25.0 Å². The molecule has 2 N–H and O–H groups in total. The highest BCUT2D eigenvalue weighted by molar-refractivity contribution is 5.92. The lowest BCUT2D eigenvalue weighted by Gasteiger charge is -2.20. The molecule has 1 heterocycles. The molecule has 2 rings (SSSR count). The number of hydrogen-bond donors (Lipinski definition) is 2. The van der Waals surface area contributed by atoms with Crippen LogP contribution in [-0.4, -0.2) is 51.8 Å². The van der Waals surface area contributed by atoms with E-state index in [1.54, 1.807) is 23.2 Å². The van der Waals surface area contributed by atoms with Crippen molar-refractivity contribution < 1.29 is 15.0 Å². The number of aliphatic hydroxyl groups is 2. The van der Waals surface area contributed by atoms with Crippen molar-refractivity contribution in [1.29, 1.82) is 0 Å². The van der Waals surface area contributed by atoms with Crippen LogP contribution in [0.4, 0.5) is 0 Å². The van der Waals surface area contributed by atoms with Gasteiger partial charge in [0.25, 0.3) is 5.91 Å². The number of carbonyl (C=O) groups is 1. The van der Waals surface area contributed by atoms with Crippen molar-refractivity contribution in [2.45, 2.75) is 25.3 Å². The van der Waals surface area contributed by atoms with Gasteiger partial charge < -0.3 is 15.1 Å². The molecule has 1 fully saturated rings. The average molecular weight is 274 g/mol. The first kappa shape index (κ1) is 14.5. The third-order valence-electron chi connectivity index (χ3n) is 3.04. The van der Waals surface area contributed by atoms with Gasteiger partial charge in [0.1, 0.15) is 5.69 Å². The minimum absolute atomic E-state index is 0.0348. The number of pyridine rings is 1. The standard InChI is InChI=1S/C15H18N2O3/c18-9-2-1-3-12-4-7-14(16-11-12)15(20)17(8-10-19)13-5-6-13/h4,7,11,13,18-19H,2,5-6,8-10H2. The van der Waals surface area contributed by atoms with Crippen molar-refractivity contribution in [2.75, 3.05) is 19.8 Å². The molecule has 0 unspecified atom stereocenters. The van der Waals surface area contributed by atoms with Gasteiger partial charge in [0, 0.05) is 30.8 Å². The van der Waals surface area contributed by atoms with E-state index in [1.807, 2.05) is 0 Å². The molecule has 1 aliphatic carbocycles. The number of nitrogens with zero attached hydrogens (tertiary/aromatic N) is 2. The second-order valence-electron chi connectivity index (χ2n) is 4.66. The summed E-state index contributed by atoms with van der Waals surface area (Å²) in [6.07, 6.45) is 3.97. The summed E-state index contributed by atoms with van der Waals surface area (Å²) in [4.78, 5) is 18.1. The van der Waals surface area contributed by atoms with Crippen LogP contribution in [0.5, 0.6) is 0 Å². The molecule has 0 radical (unpaired) electrons. The topological polar surface area (TPSA) is 73.7 Å². The van der Waals surface area contributed by atoms with Gasteiger partial charge in [-0.15, -0.1) is 0 Å². The van der Waals surface area contributed by atoms with Crippen molar-refractivity contribution in [2.24, 2.45) is 0 Å².